The molecule has 0 radical (unpaired) electrons. The maximum Gasteiger partial charge on any atom is 0.165 e. The molecule has 0 saturated heterocycles. The van der Waals surface area contributed by atoms with E-state index in [1.165, 1.54) is 12.8 Å². The molecule has 1 aliphatic rings. The molecular weight excluding hydrogens is 214 g/mol. The van der Waals surface area contributed by atoms with Gasteiger partial charge in [0.2, 0.25) is 0 Å². The van der Waals surface area contributed by atoms with Crippen LogP contribution in [-0.2, 0) is 23.9 Å². The largest absolute Gasteiger partial charge is 0.307 e. The molecule has 84 valence electrons. The molecule has 6 nitrogen and oxygen atoms in total. The smallest absolute Gasteiger partial charge is 0.165 e. The van der Waals surface area contributed by atoms with E-state index in [0.717, 1.165) is 5.82 Å². The van der Waals surface area contributed by atoms with Gasteiger partial charge in [-0.15, -0.1) is 5.10 Å². The Balaban J connectivity index is 1.85. The van der Waals surface area contributed by atoms with Gasteiger partial charge >= 0.3 is 0 Å². The summed E-state index contributed by atoms with van der Waals surface area (Å²) >= 11 is 0. The Morgan fingerprint density at radius 2 is 2.40 bits per heavy atom. The van der Waals surface area contributed by atoms with Gasteiger partial charge in [-0.2, -0.15) is 0 Å². The van der Waals surface area contributed by atoms with Crippen molar-refractivity contribution in [2.45, 2.75) is 32.0 Å². The Labute approximate surface area is 90.9 Å². The van der Waals surface area contributed by atoms with Crippen molar-refractivity contribution in [3.63, 3.8) is 0 Å². The molecule has 1 aromatic rings. The van der Waals surface area contributed by atoms with Crippen molar-refractivity contribution in [2.24, 2.45) is 0 Å². The van der Waals surface area contributed by atoms with Crippen molar-refractivity contribution in [1.29, 1.82) is 0 Å². The van der Waals surface area contributed by atoms with Crippen LogP contribution in [0.3, 0.4) is 0 Å². The molecule has 2 rings (SSSR count). The minimum absolute atomic E-state index is 0.599. The minimum atomic E-state index is -0.796. The first-order valence-electron chi connectivity index (χ1n) is 5.04. The summed E-state index contributed by atoms with van der Waals surface area (Å²) in [7, 11) is -0.796. The van der Waals surface area contributed by atoms with E-state index in [1.54, 1.807) is 10.9 Å². The molecule has 1 aliphatic carbocycles. The highest BCUT2D eigenvalue weighted by Gasteiger charge is 2.21. The van der Waals surface area contributed by atoms with Crippen LogP contribution in [-0.4, -0.2) is 42.5 Å². The summed E-state index contributed by atoms with van der Waals surface area (Å²) in [4.78, 5) is 0. The highest BCUT2D eigenvalue weighted by Crippen LogP contribution is 2.18. The molecule has 1 saturated carbocycles. The summed E-state index contributed by atoms with van der Waals surface area (Å²) in [5, 5.41) is 14.8. The van der Waals surface area contributed by atoms with E-state index in [0.29, 0.717) is 24.9 Å². The monoisotopic (exact) mass is 229 g/mol. The molecule has 0 amide bonds. The van der Waals surface area contributed by atoms with Crippen molar-refractivity contribution in [3.05, 3.63) is 5.82 Å². The SMILES string of the molecule is CS(=O)CCn1nnnc1CNC1CC1. The van der Waals surface area contributed by atoms with Crippen LogP contribution >= 0.6 is 0 Å². The van der Waals surface area contributed by atoms with Gasteiger partial charge in [-0.3, -0.25) is 4.21 Å². The molecule has 1 unspecified atom stereocenters. The number of tetrazole rings is 1. The molecule has 0 aromatic carbocycles. The molecule has 0 aliphatic heterocycles. The molecule has 0 bridgehead atoms. The Hall–Kier alpha value is -0.820. The Bertz CT molecular complexity index is 349. The van der Waals surface area contributed by atoms with Gasteiger partial charge in [0.05, 0.1) is 13.1 Å². The third-order valence-corrected chi connectivity index (χ3v) is 3.08. The van der Waals surface area contributed by atoms with E-state index in [-0.39, 0.29) is 0 Å². The molecule has 1 fully saturated rings. The second-order valence-corrected chi connectivity index (χ2v) is 5.31. The molecule has 1 N–H and O–H groups in total. The molecular formula is C8H15N5OS. The summed E-state index contributed by atoms with van der Waals surface area (Å²) in [6.45, 7) is 1.33. The van der Waals surface area contributed by atoms with Crippen molar-refractivity contribution >= 4 is 10.8 Å². The number of rotatable bonds is 6. The normalized spacial score (nSPS) is 17.9. The van der Waals surface area contributed by atoms with Gasteiger partial charge in [0.25, 0.3) is 0 Å². The lowest BCUT2D eigenvalue weighted by atomic mass is 10.5. The van der Waals surface area contributed by atoms with Crippen molar-refractivity contribution in [3.8, 4) is 0 Å². The third-order valence-electron chi connectivity index (χ3n) is 2.32. The van der Waals surface area contributed by atoms with Crippen LogP contribution in [0.2, 0.25) is 0 Å². The highest BCUT2D eigenvalue weighted by atomic mass is 32.2. The van der Waals surface area contributed by atoms with Crippen LogP contribution < -0.4 is 5.32 Å². The van der Waals surface area contributed by atoms with E-state index in [2.05, 4.69) is 20.8 Å². The van der Waals surface area contributed by atoms with E-state index in [4.69, 9.17) is 0 Å². The number of nitrogens with zero attached hydrogens (tertiary/aromatic N) is 4. The first-order valence-corrected chi connectivity index (χ1v) is 6.77. The molecule has 15 heavy (non-hydrogen) atoms. The Morgan fingerprint density at radius 1 is 1.60 bits per heavy atom. The number of hydrogen-bond acceptors (Lipinski definition) is 5. The van der Waals surface area contributed by atoms with E-state index in [1.807, 2.05) is 0 Å². The van der Waals surface area contributed by atoms with Crippen molar-refractivity contribution < 1.29 is 4.21 Å². The zero-order chi connectivity index (χ0) is 10.7. The topological polar surface area (TPSA) is 72.7 Å². The lowest BCUT2D eigenvalue weighted by Crippen LogP contribution is -2.20. The Morgan fingerprint density at radius 3 is 3.07 bits per heavy atom. The summed E-state index contributed by atoms with van der Waals surface area (Å²) in [6, 6.07) is 0.649. The lowest BCUT2D eigenvalue weighted by Gasteiger charge is -2.03. The second kappa shape index (κ2) is 4.80. The fourth-order valence-electron chi connectivity index (χ4n) is 1.26. The van der Waals surface area contributed by atoms with Crippen LogP contribution in [0.15, 0.2) is 0 Å². The molecule has 1 aromatic heterocycles. The van der Waals surface area contributed by atoms with Gasteiger partial charge in [-0.05, 0) is 23.3 Å². The molecule has 1 heterocycles. The molecule has 0 spiro atoms. The summed E-state index contributed by atoms with van der Waals surface area (Å²) < 4.78 is 12.7. The van der Waals surface area contributed by atoms with Crippen molar-refractivity contribution in [2.75, 3.05) is 12.0 Å². The van der Waals surface area contributed by atoms with Gasteiger partial charge in [0.15, 0.2) is 5.82 Å². The van der Waals surface area contributed by atoms with Crippen LogP contribution in [0.1, 0.15) is 18.7 Å². The van der Waals surface area contributed by atoms with Gasteiger partial charge < -0.3 is 5.32 Å². The minimum Gasteiger partial charge on any atom is -0.307 e. The van der Waals surface area contributed by atoms with Crippen LogP contribution in [0, 0.1) is 0 Å². The number of aryl methyl sites for hydroxylation is 1. The van der Waals surface area contributed by atoms with E-state index >= 15 is 0 Å². The average Bonchev–Trinajstić information content (AvgIpc) is 2.92. The van der Waals surface area contributed by atoms with Crippen molar-refractivity contribution in [1.82, 2.24) is 25.5 Å². The van der Waals surface area contributed by atoms with Crippen LogP contribution in [0.4, 0.5) is 0 Å². The second-order valence-electron chi connectivity index (χ2n) is 3.75. The first-order chi connectivity index (χ1) is 7.25. The summed E-state index contributed by atoms with van der Waals surface area (Å²) in [5.41, 5.74) is 0. The summed E-state index contributed by atoms with van der Waals surface area (Å²) in [6.07, 6.45) is 4.19. The van der Waals surface area contributed by atoms with Gasteiger partial charge in [0.1, 0.15) is 0 Å². The van der Waals surface area contributed by atoms with Gasteiger partial charge in [-0.1, -0.05) is 0 Å². The highest BCUT2D eigenvalue weighted by molar-refractivity contribution is 7.84. The standard InChI is InChI=1S/C8H15N5OS/c1-15(14)5-4-13-8(10-11-12-13)6-9-7-2-3-7/h7,9H,2-6H2,1H3. The summed E-state index contributed by atoms with van der Waals surface area (Å²) in [5.74, 6) is 1.42. The fraction of sp³-hybridized carbons (Fsp3) is 0.875. The molecule has 1 atom stereocenters. The predicted molar refractivity (Wildman–Crippen MR) is 56.6 cm³/mol. The number of hydrogen-bond donors (Lipinski definition) is 1. The third kappa shape index (κ3) is 3.35. The number of aromatic nitrogens is 4. The predicted octanol–water partition coefficient (Wildman–Crippen LogP) is -0.696. The van der Waals surface area contributed by atoms with Gasteiger partial charge in [0, 0.05) is 28.9 Å². The lowest BCUT2D eigenvalue weighted by molar-refractivity contribution is 0.564. The quantitative estimate of drug-likeness (QED) is 0.698. The zero-order valence-corrected chi connectivity index (χ0v) is 9.53. The number of nitrogens with one attached hydrogen (secondary N) is 1. The van der Waals surface area contributed by atoms with E-state index in [9.17, 15) is 4.21 Å². The fourth-order valence-corrected chi connectivity index (χ4v) is 1.69. The maximum atomic E-state index is 10.9. The first kappa shape index (κ1) is 10.7. The maximum absolute atomic E-state index is 10.9. The molecule has 7 heteroatoms. The van der Waals surface area contributed by atoms with Crippen LogP contribution in [0.5, 0.6) is 0 Å². The van der Waals surface area contributed by atoms with Gasteiger partial charge in [-0.25, -0.2) is 4.68 Å². The van der Waals surface area contributed by atoms with Crippen LogP contribution in [0.25, 0.3) is 0 Å². The van der Waals surface area contributed by atoms with E-state index < -0.39 is 10.8 Å². The average molecular weight is 229 g/mol. The zero-order valence-electron chi connectivity index (χ0n) is 8.72. The Kier molecular flexibility index (Phi) is 3.42.